The summed E-state index contributed by atoms with van der Waals surface area (Å²) in [5.41, 5.74) is 8.01. The van der Waals surface area contributed by atoms with Gasteiger partial charge in [0.15, 0.2) is 0 Å². The average molecular weight is 242 g/mol. The highest BCUT2D eigenvalue weighted by Gasteiger charge is 2.06. The van der Waals surface area contributed by atoms with Gasteiger partial charge >= 0.3 is 5.97 Å². The van der Waals surface area contributed by atoms with Crippen LogP contribution < -0.4 is 9.47 Å². The molecule has 0 heterocycles. The zero-order valence-corrected chi connectivity index (χ0v) is 9.14. The summed E-state index contributed by atoms with van der Waals surface area (Å²) in [6, 6.07) is 4.53. The van der Waals surface area contributed by atoms with Crippen LogP contribution in [0.25, 0.3) is 10.4 Å². The van der Waals surface area contributed by atoms with Gasteiger partial charge < -0.3 is 9.47 Å². The number of carbonyl (C=O) groups is 1. The van der Waals surface area contributed by atoms with Crippen LogP contribution in [0.15, 0.2) is 23.3 Å². The van der Waals surface area contributed by atoms with Crippen LogP contribution in [0.4, 0.5) is 0 Å². The molecule has 0 N–H and O–H groups in total. The van der Waals surface area contributed by atoms with Crippen molar-refractivity contribution in [2.45, 2.75) is 0 Å². The molecule has 0 spiro atoms. The van der Waals surface area contributed by atoms with Crippen LogP contribution >= 0.6 is 11.6 Å². The lowest BCUT2D eigenvalue weighted by molar-refractivity contribution is -0.132. The number of rotatable bonds is 4. The molecule has 0 saturated carbocycles. The van der Waals surface area contributed by atoms with Gasteiger partial charge in [0.25, 0.3) is 0 Å². The van der Waals surface area contributed by atoms with E-state index >= 15 is 0 Å². The van der Waals surface area contributed by atoms with E-state index in [-0.39, 0.29) is 12.3 Å². The molecule has 7 heteroatoms. The Morgan fingerprint density at radius 1 is 1.62 bits per heavy atom. The molecule has 0 aliphatic heterocycles. The van der Waals surface area contributed by atoms with Crippen LogP contribution in [-0.4, -0.2) is 19.6 Å². The van der Waals surface area contributed by atoms with Crippen molar-refractivity contribution in [1.29, 1.82) is 0 Å². The number of carbonyl (C=O) groups excluding carboxylic acids is 1. The Kier molecular flexibility index (Phi) is 4.44. The van der Waals surface area contributed by atoms with Gasteiger partial charge in [0.05, 0.1) is 12.1 Å². The van der Waals surface area contributed by atoms with E-state index in [1.54, 1.807) is 6.07 Å². The van der Waals surface area contributed by atoms with Gasteiger partial charge in [-0.3, -0.25) is 4.79 Å². The summed E-state index contributed by atoms with van der Waals surface area (Å²) >= 11 is 5.82. The van der Waals surface area contributed by atoms with Gasteiger partial charge in [-0.15, -0.1) is 0 Å². The highest BCUT2D eigenvalue weighted by molar-refractivity contribution is 6.32. The van der Waals surface area contributed by atoms with Gasteiger partial charge in [-0.25, -0.2) is 0 Å². The first-order valence-corrected chi connectivity index (χ1v) is 4.60. The van der Waals surface area contributed by atoms with E-state index in [4.69, 9.17) is 26.6 Å². The molecule has 0 unspecified atom stereocenters. The largest absolute Gasteiger partial charge is 0.495 e. The van der Waals surface area contributed by atoms with Gasteiger partial charge in [0.2, 0.25) is 0 Å². The van der Waals surface area contributed by atoms with Crippen molar-refractivity contribution in [2.75, 3.05) is 13.7 Å². The van der Waals surface area contributed by atoms with Crippen molar-refractivity contribution < 1.29 is 14.3 Å². The summed E-state index contributed by atoms with van der Waals surface area (Å²) in [4.78, 5) is 13.5. The highest BCUT2D eigenvalue weighted by atomic mass is 35.5. The van der Waals surface area contributed by atoms with Gasteiger partial charge in [0, 0.05) is 11.0 Å². The van der Waals surface area contributed by atoms with Crippen LogP contribution in [-0.2, 0) is 4.79 Å². The van der Waals surface area contributed by atoms with Crippen molar-refractivity contribution in [2.24, 2.45) is 5.11 Å². The van der Waals surface area contributed by atoms with Gasteiger partial charge in [-0.1, -0.05) is 16.7 Å². The minimum atomic E-state index is -0.654. The molecule has 0 fully saturated rings. The van der Waals surface area contributed by atoms with E-state index in [9.17, 15) is 4.79 Å². The molecule has 0 amide bonds. The number of hydrogen-bond acceptors (Lipinski definition) is 4. The third-order valence-electron chi connectivity index (χ3n) is 1.62. The number of esters is 1. The highest BCUT2D eigenvalue weighted by Crippen LogP contribution is 2.28. The lowest BCUT2D eigenvalue weighted by Crippen LogP contribution is -2.10. The standard InChI is InChI=1S/C9H8ClN3O3/c1-15-8-3-2-6(4-7(8)10)16-9(14)5-12-13-11/h2-4H,5H2,1H3. The molecule has 0 saturated heterocycles. The first-order chi connectivity index (χ1) is 7.67. The fourth-order valence-electron chi connectivity index (χ4n) is 0.964. The summed E-state index contributed by atoms with van der Waals surface area (Å²) < 4.78 is 9.78. The number of methoxy groups -OCH3 is 1. The molecule has 0 aliphatic carbocycles. The van der Waals surface area contributed by atoms with Crippen molar-refractivity contribution >= 4 is 17.6 Å². The maximum absolute atomic E-state index is 11.1. The second kappa shape index (κ2) is 5.85. The normalized spacial score (nSPS) is 9.12. The number of azide groups is 1. The molecule has 1 aromatic carbocycles. The Morgan fingerprint density at radius 2 is 2.38 bits per heavy atom. The average Bonchev–Trinajstić information content (AvgIpc) is 2.26. The minimum absolute atomic E-state index is 0.268. The molecule has 16 heavy (non-hydrogen) atoms. The molecule has 1 aromatic rings. The Labute approximate surface area is 96.4 Å². The Bertz CT molecular complexity index is 444. The molecule has 1 rings (SSSR count). The van der Waals surface area contributed by atoms with Crippen molar-refractivity contribution in [3.05, 3.63) is 33.7 Å². The Balaban J connectivity index is 2.71. The van der Waals surface area contributed by atoms with Crippen LogP contribution in [0, 0.1) is 0 Å². The molecule has 0 atom stereocenters. The number of ether oxygens (including phenoxy) is 2. The van der Waals surface area contributed by atoms with Crippen molar-refractivity contribution in [1.82, 2.24) is 0 Å². The zero-order valence-electron chi connectivity index (χ0n) is 8.38. The fourth-order valence-corrected chi connectivity index (χ4v) is 1.21. The zero-order chi connectivity index (χ0) is 12.0. The summed E-state index contributed by atoms with van der Waals surface area (Å²) in [6.07, 6.45) is 0. The first kappa shape index (κ1) is 12.2. The quantitative estimate of drug-likeness (QED) is 0.267. The second-order valence-corrected chi connectivity index (χ2v) is 3.07. The minimum Gasteiger partial charge on any atom is -0.495 e. The monoisotopic (exact) mass is 241 g/mol. The van der Waals surface area contributed by atoms with Crippen molar-refractivity contribution in [3.63, 3.8) is 0 Å². The lowest BCUT2D eigenvalue weighted by Gasteiger charge is -2.05. The van der Waals surface area contributed by atoms with E-state index in [0.29, 0.717) is 10.8 Å². The summed E-state index contributed by atoms with van der Waals surface area (Å²) in [5.74, 6) is 0.0967. The van der Waals surface area contributed by atoms with E-state index < -0.39 is 5.97 Å². The third-order valence-corrected chi connectivity index (χ3v) is 1.91. The molecule has 0 bridgehead atoms. The van der Waals surface area contributed by atoms with E-state index in [0.717, 1.165) is 0 Å². The Morgan fingerprint density at radius 3 is 2.94 bits per heavy atom. The predicted octanol–water partition coefficient (Wildman–Crippen LogP) is 2.56. The van der Waals surface area contributed by atoms with Crippen LogP contribution in [0.3, 0.4) is 0 Å². The number of nitrogens with zero attached hydrogens (tertiary/aromatic N) is 3. The second-order valence-electron chi connectivity index (χ2n) is 2.66. The summed E-state index contributed by atoms with van der Waals surface area (Å²) in [5, 5.41) is 3.40. The number of halogens is 1. The molecular weight excluding hydrogens is 234 g/mol. The van der Waals surface area contributed by atoms with Crippen molar-refractivity contribution in [3.8, 4) is 11.5 Å². The lowest BCUT2D eigenvalue weighted by atomic mass is 10.3. The summed E-state index contributed by atoms with van der Waals surface area (Å²) in [7, 11) is 1.48. The maximum atomic E-state index is 11.1. The summed E-state index contributed by atoms with van der Waals surface area (Å²) in [6.45, 7) is -0.361. The number of hydrogen-bond donors (Lipinski definition) is 0. The van der Waals surface area contributed by atoms with E-state index in [1.165, 1.54) is 19.2 Å². The first-order valence-electron chi connectivity index (χ1n) is 4.22. The van der Waals surface area contributed by atoms with Crippen LogP contribution in [0.5, 0.6) is 11.5 Å². The molecule has 0 radical (unpaired) electrons. The third kappa shape index (κ3) is 3.34. The topological polar surface area (TPSA) is 84.3 Å². The maximum Gasteiger partial charge on any atom is 0.317 e. The van der Waals surface area contributed by atoms with Gasteiger partial charge in [-0.05, 0) is 17.7 Å². The number of benzene rings is 1. The van der Waals surface area contributed by atoms with Crippen LogP contribution in [0.2, 0.25) is 5.02 Å². The molecule has 0 aromatic heterocycles. The molecule has 6 nitrogen and oxygen atoms in total. The molecule has 0 aliphatic rings. The smallest absolute Gasteiger partial charge is 0.317 e. The Hall–Kier alpha value is -1.91. The van der Waals surface area contributed by atoms with E-state index in [1.807, 2.05) is 0 Å². The van der Waals surface area contributed by atoms with Gasteiger partial charge in [0.1, 0.15) is 18.0 Å². The van der Waals surface area contributed by atoms with Crippen LogP contribution in [0.1, 0.15) is 0 Å². The molecular formula is C9H8ClN3O3. The van der Waals surface area contributed by atoms with E-state index in [2.05, 4.69) is 10.0 Å². The SMILES string of the molecule is COc1ccc(OC(=O)CN=[N+]=[N-])cc1Cl. The fraction of sp³-hybridized carbons (Fsp3) is 0.222. The predicted molar refractivity (Wildman–Crippen MR) is 57.7 cm³/mol. The van der Waals surface area contributed by atoms with Gasteiger partial charge in [-0.2, -0.15) is 0 Å². The molecule has 84 valence electrons.